The Balaban J connectivity index is 2.38. The van der Waals surface area contributed by atoms with Crippen molar-refractivity contribution >= 4 is 5.91 Å². The number of nitrogens with one attached hydrogen (secondary N) is 2. The van der Waals surface area contributed by atoms with Crippen LogP contribution in [0.2, 0.25) is 0 Å². The standard InChI is InChI=1S/C12H24N2O2/c1-4-12(5-6-13-9-12)11(15)14-7-10(2)8-16-3/h10,13H,4-9H2,1-3H3,(H,14,15). The SMILES string of the molecule is CCC1(C(=O)NCC(C)COC)CCNC1. The maximum absolute atomic E-state index is 12.1. The van der Waals surface area contributed by atoms with Gasteiger partial charge in [0, 0.05) is 20.2 Å². The van der Waals surface area contributed by atoms with Gasteiger partial charge in [-0.1, -0.05) is 13.8 Å². The van der Waals surface area contributed by atoms with Crippen molar-refractivity contribution in [3.8, 4) is 0 Å². The highest BCUT2D eigenvalue weighted by atomic mass is 16.5. The van der Waals surface area contributed by atoms with Crippen LogP contribution in [0, 0.1) is 11.3 Å². The van der Waals surface area contributed by atoms with Crippen LogP contribution in [0.25, 0.3) is 0 Å². The van der Waals surface area contributed by atoms with Crippen molar-refractivity contribution in [2.45, 2.75) is 26.7 Å². The molecule has 1 heterocycles. The summed E-state index contributed by atoms with van der Waals surface area (Å²) in [5, 5.41) is 6.31. The third kappa shape index (κ3) is 3.19. The maximum Gasteiger partial charge on any atom is 0.227 e. The van der Waals surface area contributed by atoms with E-state index in [4.69, 9.17) is 4.74 Å². The van der Waals surface area contributed by atoms with E-state index in [1.807, 2.05) is 0 Å². The summed E-state index contributed by atoms with van der Waals surface area (Å²) in [5.41, 5.74) is -0.174. The third-order valence-electron chi connectivity index (χ3n) is 3.46. The normalized spacial score (nSPS) is 26.7. The van der Waals surface area contributed by atoms with Gasteiger partial charge in [-0.25, -0.2) is 0 Å². The highest BCUT2D eigenvalue weighted by molar-refractivity contribution is 5.83. The van der Waals surface area contributed by atoms with Gasteiger partial charge in [-0.05, 0) is 25.3 Å². The zero-order chi connectivity index (χ0) is 12.0. The Morgan fingerprint density at radius 3 is 2.88 bits per heavy atom. The van der Waals surface area contributed by atoms with E-state index in [0.29, 0.717) is 19.1 Å². The molecule has 1 aliphatic heterocycles. The number of carbonyl (C=O) groups is 1. The first kappa shape index (κ1) is 13.5. The largest absolute Gasteiger partial charge is 0.384 e. The number of amides is 1. The number of hydrogen-bond donors (Lipinski definition) is 2. The Bertz CT molecular complexity index is 225. The van der Waals surface area contributed by atoms with Gasteiger partial charge in [0.1, 0.15) is 0 Å². The van der Waals surface area contributed by atoms with Gasteiger partial charge in [0.25, 0.3) is 0 Å². The Hall–Kier alpha value is -0.610. The Labute approximate surface area is 98.1 Å². The third-order valence-corrected chi connectivity index (χ3v) is 3.46. The van der Waals surface area contributed by atoms with E-state index in [0.717, 1.165) is 25.9 Å². The summed E-state index contributed by atoms with van der Waals surface area (Å²) in [7, 11) is 1.69. The van der Waals surface area contributed by atoms with Crippen LogP contribution < -0.4 is 10.6 Å². The maximum atomic E-state index is 12.1. The lowest BCUT2D eigenvalue weighted by molar-refractivity contribution is -0.130. The second-order valence-corrected chi connectivity index (χ2v) is 4.83. The van der Waals surface area contributed by atoms with Gasteiger partial charge in [0.05, 0.1) is 12.0 Å². The van der Waals surface area contributed by atoms with Gasteiger partial charge in [0.15, 0.2) is 0 Å². The molecule has 2 N–H and O–H groups in total. The van der Waals surface area contributed by atoms with Gasteiger partial charge >= 0.3 is 0 Å². The summed E-state index contributed by atoms with van der Waals surface area (Å²) in [6.07, 6.45) is 1.86. The molecular formula is C12H24N2O2. The Kier molecular flexibility index (Phi) is 5.22. The van der Waals surface area contributed by atoms with Crippen molar-refractivity contribution in [3.05, 3.63) is 0 Å². The minimum atomic E-state index is -0.174. The molecule has 0 aromatic carbocycles. The second kappa shape index (κ2) is 6.21. The van der Waals surface area contributed by atoms with Crippen molar-refractivity contribution < 1.29 is 9.53 Å². The van der Waals surface area contributed by atoms with Gasteiger partial charge in [-0.15, -0.1) is 0 Å². The molecule has 0 aliphatic carbocycles. The van der Waals surface area contributed by atoms with Gasteiger partial charge in [-0.2, -0.15) is 0 Å². The highest BCUT2D eigenvalue weighted by Gasteiger charge is 2.39. The van der Waals surface area contributed by atoms with Crippen LogP contribution in [0.15, 0.2) is 0 Å². The Morgan fingerprint density at radius 1 is 1.62 bits per heavy atom. The molecule has 1 amide bonds. The molecule has 1 aliphatic rings. The van der Waals surface area contributed by atoms with Crippen LogP contribution in [0.1, 0.15) is 26.7 Å². The topological polar surface area (TPSA) is 50.4 Å². The molecule has 16 heavy (non-hydrogen) atoms. The molecule has 0 spiro atoms. The number of carbonyl (C=O) groups excluding carboxylic acids is 1. The predicted molar refractivity (Wildman–Crippen MR) is 64.3 cm³/mol. The fraction of sp³-hybridized carbons (Fsp3) is 0.917. The first-order valence-electron chi connectivity index (χ1n) is 6.12. The lowest BCUT2D eigenvalue weighted by atomic mass is 9.83. The van der Waals surface area contributed by atoms with Crippen molar-refractivity contribution in [3.63, 3.8) is 0 Å². The average molecular weight is 228 g/mol. The van der Waals surface area contributed by atoms with E-state index >= 15 is 0 Å². The number of ether oxygens (including phenoxy) is 1. The summed E-state index contributed by atoms with van der Waals surface area (Å²) in [6.45, 7) is 7.33. The van der Waals surface area contributed by atoms with E-state index in [9.17, 15) is 4.79 Å². The summed E-state index contributed by atoms with van der Waals surface area (Å²) in [4.78, 5) is 12.1. The molecular weight excluding hydrogens is 204 g/mol. The molecule has 0 bridgehead atoms. The predicted octanol–water partition coefficient (Wildman–Crippen LogP) is 0.775. The fourth-order valence-electron chi connectivity index (χ4n) is 2.20. The second-order valence-electron chi connectivity index (χ2n) is 4.83. The van der Waals surface area contributed by atoms with Crippen LogP contribution in [0.5, 0.6) is 0 Å². The highest BCUT2D eigenvalue weighted by Crippen LogP contribution is 2.29. The summed E-state index contributed by atoms with van der Waals surface area (Å²) in [6, 6.07) is 0. The number of methoxy groups -OCH3 is 1. The zero-order valence-electron chi connectivity index (χ0n) is 10.6. The molecule has 2 atom stereocenters. The molecule has 4 nitrogen and oxygen atoms in total. The van der Waals surface area contributed by atoms with Crippen LogP contribution in [0.3, 0.4) is 0 Å². The molecule has 0 saturated carbocycles. The first-order chi connectivity index (χ1) is 7.64. The first-order valence-corrected chi connectivity index (χ1v) is 6.12. The van der Waals surface area contributed by atoms with E-state index < -0.39 is 0 Å². The van der Waals surface area contributed by atoms with Crippen LogP contribution in [-0.2, 0) is 9.53 Å². The van der Waals surface area contributed by atoms with Crippen molar-refractivity contribution in [1.82, 2.24) is 10.6 Å². The smallest absolute Gasteiger partial charge is 0.227 e. The zero-order valence-corrected chi connectivity index (χ0v) is 10.6. The molecule has 94 valence electrons. The molecule has 1 saturated heterocycles. The van der Waals surface area contributed by atoms with Crippen LogP contribution in [-0.4, -0.2) is 39.3 Å². The average Bonchev–Trinajstić information content (AvgIpc) is 2.76. The van der Waals surface area contributed by atoms with E-state index in [1.165, 1.54) is 0 Å². The summed E-state index contributed by atoms with van der Waals surface area (Å²) in [5.74, 6) is 0.570. The number of hydrogen-bond acceptors (Lipinski definition) is 3. The van der Waals surface area contributed by atoms with Crippen molar-refractivity contribution in [2.24, 2.45) is 11.3 Å². The molecule has 2 unspecified atom stereocenters. The van der Waals surface area contributed by atoms with Crippen molar-refractivity contribution in [1.29, 1.82) is 0 Å². The quantitative estimate of drug-likeness (QED) is 0.706. The number of rotatable bonds is 6. The lowest BCUT2D eigenvalue weighted by Gasteiger charge is -2.26. The van der Waals surface area contributed by atoms with E-state index in [-0.39, 0.29) is 11.3 Å². The lowest BCUT2D eigenvalue weighted by Crippen LogP contribution is -2.43. The molecule has 1 fully saturated rings. The van der Waals surface area contributed by atoms with Crippen molar-refractivity contribution in [2.75, 3.05) is 33.4 Å². The molecule has 4 heteroatoms. The Morgan fingerprint density at radius 2 is 2.38 bits per heavy atom. The monoisotopic (exact) mass is 228 g/mol. The molecule has 0 radical (unpaired) electrons. The fourth-order valence-corrected chi connectivity index (χ4v) is 2.20. The van der Waals surface area contributed by atoms with E-state index in [2.05, 4.69) is 24.5 Å². The van der Waals surface area contributed by atoms with Gasteiger partial charge in [0.2, 0.25) is 5.91 Å². The molecule has 0 aromatic rings. The van der Waals surface area contributed by atoms with Gasteiger partial charge < -0.3 is 15.4 Å². The molecule has 1 rings (SSSR count). The minimum Gasteiger partial charge on any atom is -0.384 e. The van der Waals surface area contributed by atoms with Gasteiger partial charge in [-0.3, -0.25) is 4.79 Å². The minimum absolute atomic E-state index is 0.174. The van der Waals surface area contributed by atoms with E-state index in [1.54, 1.807) is 7.11 Å². The van der Waals surface area contributed by atoms with Crippen LogP contribution in [0.4, 0.5) is 0 Å². The molecule has 0 aromatic heterocycles. The van der Waals surface area contributed by atoms with Crippen LogP contribution >= 0.6 is 0 Å². The summed E-state index contributed by atoms with van der Waals surface area (Å²) < 4.78 is 5.05. The summed E-state index contributed by atoms with van der Waals surface area (Å²) >= 11 is 0.